The summed E-state index contributed by atoms with van der Waals surface area (Å²) >= 11 is 0. The van der Waals surface area contributed by atoms with Gasteiger partial charge in [-0.2, -0.15) is 0 Å². The minimum absolute atomic E-state index is 0.740. The van der Waals surface area contributed by atoms with Gasteiger partial charge in [-0.1, -0.05) is 44.2 Å². The van der Waals surface area contributed by atoms with Gasteiger partial charge < -0.3 is 8.23 Å². The molecule has 2 nitrogen and oxygen atoms in total. The summed E-state index contributed by atoms with van der Waals surface area (Å²) in [5.74, 6) is 0. The average Bonchev–Trinajstić information content (AvgIpc) is 2.35. The van der Waals surface area contributed by atoms with Crippen LogP contribution in [0, 0.1) is 0 Å². The van der Waals surface area contributed by atoms with Gasteiger partial charge in [0.25, 0.3) is 0 Å². The van der Waals surface area contributed by atoms with E-state index in [1.807, 2.05) is 0 Å². The molecular formula is C14H27O2Si3. The first kappa shape index (κ1) is 16.8. The maximum atomic E-state index is 6.55. The molecular weight excluding hydrogens is 284 g/mol. The van der Waals surface area contributed by atoms with Crippen molar-refractivity contribution in [3.8, 4) is 0 Å². The lowest BCUT2D eigenvalue weighted by Crippen LogP contribution is -2.58. The highest BCUT2D eigenvalue weighted by atomic mass is 28.5. The van der Waals surface area contributed by atoms with E-state index in [4.69, 9.17) is 8.23 Å². The monoisotopic (exact) mass is 311 g/mol. The molecule has 0 heterocycles. The lowest BCUT2D eigenvalue weighted by atomic mass is 10.4. The van der Waals surface area contributed by atoms with Crippen molar-refractivity contribution in [2.75, 3.05) is 0 Å². The van der Waals surface area contributed by atoms with Crippen molar-refractivity contribution in [1.82, 2.24) is 0 Å². The van der Waals surface area contributed by atoms with E-state index in [0.29, 0.717) is 0 Å². The van der Waals surface area contributed by atoms with Crippen LogP contribution in [-0.4, -0.2) is 25.9 Å². The number of rotatable bonds is 7. The predicted molar refractivity (Wildman–Crippen MR) is 89.9 cm³/mol. The predicted octanol–water partition coefficient (Wildman–Crippen LogP) is 3.87. The molecule has 19 heavy (non-hydrogen) atoms. The Morgan fingerprint density at radius 1 is 0.947 bits per heavy atom. The molecule has 0 bridgehead atoms. The van der Waals surface area contributed by atoms with Gasteiger partial charge in [0.05, 0.1) is 0 Å². The normalized spacial score (nSPS) is 15.5. The highest BCUT2D eigenvalue weighted by molar-refractivity contribution is 6.91. The number of benzene rings is 1. The van der Waals surface area contributed by atoms with E-state index in [1.54, 1.807) is 0 Å². The molecule has 1 rings (SSSR count). The SMILES string of the molecule is CC[Si](CC)O[Si](C)(O[Si](C)(C)C)c1ccccc1. The Labute approximate surface area is 122 Å². The first-order valence-electron chi connectivity index (χ1n) is 7.10. The molecule has 1 atom stereocenters. The second-order valence-corrected chi connectivity index (χ2v) is 16.7. The molecule has 5 heteroatoms. The van der Waals surface area contributed by atoms with E-state index in [0.717, 1.165) is 12.1 Å². The van der Waals surface area contributed by atoms with Crippen molar-refractivity contribution in [3.05, 3.63) is 30.3 Å². The molecule has 1 unspecified atom stereocenters. The van der Waals surface area contributed by atoms with E-state index in [1.165, 1.54) is 5.19 Å². The Bertz CT molecular complexity index is 374. The zero-order valence-electron chi connectivity index (χ0n) is 13.1. The van der Waals surface area contributed by atoms with Crippen LogP contribution >= 0.6 is 0 Å². The third-order valence-electron chi connectivity index (χ3n) is 2.93. The Kier molecular flexibility index (Phi) is 6.20. The van der Waals surface area contributed by atoms with Crippen LogP contribution in [0.15, 0.2) is 30.3 Å². The molecule has 0 aliphatic carbocycles. The van der Waals surface area contributed by atoms with Crippen LogP contribution in [0.2, 0.25) is 38.3 Å². The fourth-order valence-corrected chi connectivity index (χ4v) is 12.9. The summed E-state index contributed by atoms with van der Waals surface area (Å²) in [6.45, 7) is 13.4. The van der Waals surface area contributed by atoms with Gasteiger partial charge in [-0.15, -0.1) is 0 Å². The summed E-state index contributed by atoms with van der Waals surface area (Å²) in [4.78, 5) is 0. The van der Waals surface area contributed by atoms with Crippen molar-refractivity contribution < 1.29 is 8.23 Å². The van der Waals surface area contributed by atoms with E-state index in [-0.39, 0.29) is 0 Å². The van der Waals surface area contributed by atoms with Gasteiger partial charge in [0, 0.05) is 0 Å². The summed E-state index contributed by atoms with van der Waals surface area (Å²) in [7, 11) is -4.61. The highest BCUT2D eigenvalue weighted by Gasteiger charge is 2.40. The van der Waals surface area contributed by atoms with E-state index >= 15 is 0 Å². The van der Waals surface area contributed by atoms with Gasteiger partial charge in [-0.25, -0.2) is 0 Å². The first-order valence-corrected chi connectivity index (χ1v) is 14.6. The summed E-state index contributed by atoms with van der Waals surface area (Å²) in [5, 5.41) is 1.27. The minimum atomic E-state index is -2.26. The van der Waals surface area contributed by atoms with E-state index in [2.05, 4.69) is 70.4 Å². The molecule has 0 aromatic heterocycles. The molecule has 0 saturated heterocycles. The van der Waals surface area contributed by atoms with Crippen molar-refractivity contribution in [2.45, 2.75) is 52.1 Å². The van der Waals surface area contributed by atoms with Crippen molar-refractivity contribution in [1.29, 1.82) is 0 Å². The van der Waals surface area contributed by atoms with Crippen LogP contribution in [0.5, 0.6) is 0 Å². The molecule has 0 aliphatic heterocycles. The van der Waals surface area contributed by atoms with E-state index < -0.39 is 25.9 Å². The molecule has 0 amide bonds. The second kappa shape index (κ2) is 6.99. The van der Waals surface area contributed by atoms with Gasteiger partial charge in [0.2, 0.25) is 0 Å². The van der Waals surface area contributed by atoms with Gasteiger partial charge in [-0.05, 0) is 43.5 Å². The van der Waals surface area contributed by atoms with Gasteiger partial charge >= 0.3 is 8.56 Å². The standard InChI is InChI=1S/C14H27O2Si3/c1-7-17(8-2)15-19(6,16-18(3,4)5)14-12-10-9-11-13-14/h9-13H,7-8H2,1-6H3. The summed E-state index contributed by atoms with van der Waals surface area (Å²) in [6, 6.07) is 12.8. The Balaban J connectivity index is 3.03. The van der Waals surface area contributed by atoms with Gasteiger partial charge in [0.1, 0.15) is 0 Å². The van der Waals surface area contributed by atoms with Crippen LogP contribution in [0.4, 0.5) is 0 Å². The van der Waals surface area contributed by atoms with Crippen molar-refractivity contribution in [3.63, 3.8) is 0 Å². The molecule has 0 saturated carbocycles. The highest BCUT2D eigenvalue weighted by Crippen LogP contribution is 2.19. The van der Waals surface area contributed by atoms with Gasteiger partial charge in [0.15, 0.2) is 17.4 Å². The maximum absolute atomic E-state index is 6.55. The fraction of sp³-hybridized carbons (Fsp3) is 0.571. The largest absolute Gasteiger partial charge is 0.433 e. The smallest absolute Gasteiger partial charge is 0.348 e. The van der Waals surface area contributed by atoms with Crippen LogP contribution in [0.25, 0.3) is 0 Å². The van der Waals surface area contributed by atoms with Crippen molar-refractivity contribution >= 4 is 31.1 Å². The van der Waals surface area contributed by atoms with E-state index in [9.17, 15) is 0 Å². The molecule has 0 fully saturated rings. The fourth-order valence-electron chi connectivity index (χ4n) is 2.13. The number of hydrogen-bond donors (Lipinski definition) is 0. The Morgan fingerprint density at radius 3 is 1.89 bits per heavy atom. The topological polar surface area (TPSA) is 18.5 Å². The minimum Gasteiger partial charge on any atom is -0.433 e. The molecule has 107 valence electrons. The summed E-state index contributed by atoms with van der Waals surface area (Å²) in [6.07, 6.45) is 0. The average molecular weight is 312 g/mol. The molecule has 0 aliphatic rings. The zero-order chi connectivity index (χ0) is 14.5. The summed E-state index contributed by atoms with van der Waals surface area (Å²) < 4.78 is 13.1. The lowest BCUT2D eigenvalue weighted by Gasteiger charge is -2.36. The van der Waals surface area contributed by atoms with Crippen LogP contribution in [0.1, 0.15) is 13.8 Å². The summed E-state index contributed by atoms with van der Waals surface area (Å²) in [5.41, 5.74) is 0. The third kappa shape index (κ3) is 5.35. The zero-order valence-corrected chi connectivity index (χ0v) is 16.1. The Morgan fingerprint density at radius 2 is 1.47 bits per heavy atom. The second-order valence-electron chi connectivity index (χ2n) is 5.87. The quantitative estimate of drug-likeness (QED) is 0.712. The Hall–Kier alpha value is -0.209. The third-order valence-corrected chi connectivity index (χ3v) is 12.6. The molecule has 0 N–H and O–H groups in total. The lowest BCUT2D eigenvalue weighted by molar-refractivity contribution is 0.409. The van der Waals surface area contributed by atoms with Gasteiger partial charge in [-0.3, -0.25) is 0 Å². The van der Waals surface area contributed by atoms with Crippen LogP contribution < -0.4 is 5.19 Å². The first-order chi connectivity index (χ1) is 8.80. The van der Waals surface area contributed by atoms with Crippen LogP contribution in [-0.2, 0) is 8.23 Å². The van der Waals surface area contributed by atoms with Crippen molar-refractivity contribution in [2.24, 2.45) is 0 Å². The van der Waals surface area contributed by atoms with Crippen LogP contribution in [0.3, 0.4) is 0 Å². The molecule has 1 radical (unpaired) electrons. The maximum Gasteiger partial charge on any atom is 0.348 e. The molecule has 0 spiro atoms. The molecule has 1 aromatic rings. The number of hydrogen-bond acceptors (Lipinski definition) is 2. The molecule has 1 aromatic carbocycles.